The van der Waals surface area contributed by atoms with Gasteiger partial charge < -0.3 is 4.90 Å². The van der Waals surface area contributed by atoms with E-state index in [1.54, 1.807) is 0 Å². The molecule has 1 unspecified atom stereocenters. The highest BCUT2D eigenvalue weighted by Crippen LogP contribution is 2.39. The second kappa shape index (κ2) is 4.17. The third kappa shape index (κ3) is 2.82. The van der Waals surface area contributed by atoms with Crippen molar-refractivity contribution in [3.8, 4) is 0 Å². The first-order valence-corrected chi connectivity index (χ1v) is 7.06. The predicted molar refractivity (Wildman–Crippen MR) is 67.5 cm³/mol. The fourth-order valence-electron chi connectivity index (χ4n) is 2.13. The quantitative estimate of drug-likeness (QED) is 0.741. The predicted octanol–water partition coefficient (Wildman–Crippen LogP) is 2.12. The number of likely N-dealkylation sites (tertiary alicyclic amines) is 1. The molecule has 0 radical (unpaired) electrons. The van der Waals surface area contributed by atoms with Crippen molar-refractivity contribution in [1.82, 2.24) is 4.90 Å². The van der Waals surface area contributed by atoms with Gasteiger partial charge in [-0.15, -0.1) is 0 Å². The molecule has 0 aromatic carbocycles. The van der Waals surface area contributed by atoms with E-state index in [1.807, 2.05) is 0 Å². The zero-order valence-electron chi connectivity index (χ0n) is 11.0. The van der Waals surface area contributed by atoms with E-state index in [2.05, 4.69) is 46.6 Å². The summed E-state index contributed by atoms with van der Waals surface area (Å²) >= 11 is 0. The van der Waals surface area contributed by atoms with Crippen molar-refractivity contribution in [2.45, 2.75) is 39.4 Å². The van der Waals surface area contributed by atoms with Crippen LogP contribution in [0, 0.1) is 11.3 Å². The highest BCUT2D eigenvalue weighted by molar-refractivity contribution is 7.86. The van der Waals surface area contributed by atoms with Crippen LogP contribution >= 0.6 is 0 Å². The maximum atomic E-state index is 12.2. The Morgan fingerprint density at radius 3 is 2.07 bits per heavy atom. The molecule has 0 bridgehead atoms. The summed E-state index contributed by atoms with van der Waals surface area (Å²) in [5.41, 5.74) is 0.299. The molecule has 0 saturated carbocycles. The van der Waals surface area contributed by atoms with Crippen LogP contribution in [0.25, 0.3) is 0 Å². The van der Waals surface area contributed by atoms with Crippen LogP contribution in [-0.4, -0.2) is 39.7 Å². The SMILES string of the molecule is CC(C)C1(CS(=O)C(C)(C)C)CN(C)C1. The van der Waals surface area contributed by atoms with Crippen molar-refractivity contribution in [3.63, 3.8) is 0 Å². The maximum Gasteiger partial charge on any atom is 0.0375 e. The monoisotopic (exact) mass is 231 g/mol. The molecule has 1 aliphatic rings. The molecule has 90 valence electrons. The lowest BCUT2D eigenvalue weighted by Gasteiger charge is -2.52. The van der Waals surface area contributed by atoms with Crippen molar-refractivity contribution < 1.29 is 4.21 Å². The minimum atomic E-state index is -0.718. The summed E-state index contributed by atoms with van der Waals surface area (Å²) in [5.74, 6) is 1.48. The fourth-order valence-corrected chi connectivity index (χ4v) is 3.60. The van der Waals surface area contributed by atoms with Crippen molar-refractivity contribution in [2.24, 2.45) is 11.3 Å². The van der Waals surface area contributed by atoms with Gasteiger partial charge in [-0.2, -0.15) is 0 Å². The van der Waals surface area contributed by atoms with E-state index in [4.69, 9.17) is 0 Å². The summed E-state index contributed by atoms with van der Waals surface area (Å²) in [5, 5.41) is 0. The summed E-state index contributed by atoms with van der Waals surface area (Å²) in [6, 6.07) is 0. The van der Waals surface area contributed by atoms with E-state index < -0.39 is 10.8 Å². The molecule has 1 atom stereocenters. The summed E-state index contributed by atoms with van der Waals surface area (Å²) in [7, 11) is 1.42. The molecule has 0 aromatic rings. The van der Waals surface area contributed by atoms with Crippen LogP contribution in [0.3, 0.4) is 0 Å². The van der Waals surface area contributed by atoms with E-state index in [1.165, 1.54) is 0 Å². The molecule has 1 heterocycles. The molecule has 0 amide bonds. The number of hydrogen-bond donors (Lipinski definition) is 0. The fraction of sp³-hybridized carbons (Fsp3) is 1.00. The lowest BCUT2D eigenvalue weighted by Crippen LogP contribution is -2.60. The molecule has 1 rings (SSSR count). The molecule has 0 N–H and O–H groups in total. The average molecular weight is 231 g/mol. The highest BCUT2D eigenvalue weighted by Gasteiger charge is 2.45. The van der Waals surface area contributed by atoms with Gasteiger partial charge in [0.1, 0.15) is 0 Å². The second-order valence-electron chi connectivity index (χ2n) is 6.29. The Hall–Kier alpha value is 0.110. The molecular weight excluding hydrogens is 206 g/mol. The van der Waals surface area contributed by atoms with Crippen LogP contribution in [0.5, 0.6) is 0 Å². The van der Waals surface area contributed by atoms with Gasteiger partial charge >= 0.3 is 0 Å². The van der Waals surface area contributed by atoms with E-state index >= 15 is 0 Å². The van der Waals surface area contributed by atoms with Gasteiger partial charge in [0.15, 0.2) is 0 Å². The molecule has 3 heteroatoms. The Balaban J connectivity index is 2.66. The number of nitrogens with zero attached hydrogens (tertiary/aromatic N) is 1. The smallest absolute Gasteiger partial charge is 0.0375 e. The molecule has 15 heavy (non-hydrogen) atoms. The first-order valence-electron chi connectivity index (χ1n) is 5.74. The molecule has 1 fully saturated rings. The lowest BCUT2D eigenvalue weighted by atomic mass is 9.73. The topological polar surface area (TPSA) is 20.3 Å². The Bertz CT molecular complexity index is 249. The van der Waals surface area contributed by atoms with Crippen LogP contribution < -0.4 is 0 Å². The minimum Gasteiger partial charge on any atom is -0.305 e. The summed E-state index contributed by atoms with van der Waals surface area (Å²) in [6.07, 6.45) is 0. The van der Waals surface area contributed by atoms with Gasteiger partial charge in [0.25, 0.3) is 0 Å². The first-order chi connectivity index (χ1) is 6.67. The highest BCUT2D eigenvalue weighted by atomic mass is 32.2. The lowest BCUT2D eigenvalue weighted by molar-refractivity contribution is 0.00243. The molecule has 2 nitrogen and oxygen atoms in total. The van der Waals surface area contributed by atoms with Crippen LogP contribution in [0.4, 0.5) is 0 Å². The largest absolute Gasteiger partial charge is 0.305 e. The number of hydrogen-bond acceptors (Lipinski definition) is 2. The average Bonchev–Trinajstić information content (AvgIpc) is 1.98. The van der Waals surface area contributed by atoms with Crippen LogP contribution in [0.1, 0.15) is 34.6 Å². The third-order valence-electron chi connectivity index (χ3n) is 3.50. The first kappa shape index (κ1) is 13.2. The molecular formula is C12H25NOS. The van der Waals surface area contributed by atoms with Gasteiger partial charge in [0, 0.05) is 39.8 Å². The van der Waals surface area contributed by atoms with Crippen LogP contribution in [-0.2, 0) is 10.8 Å². The Kier molecular flexibility index (Phi) is 3.66. The van der Waals surface area contributed by atoms with Crippen molar-refractivity contribution in [1.29, 1.82) is 0 Å². The van der Waals surface area contributed by atoms with E-state index in [-0.39, 0.29) is 4.75 Å². The Morgan fingerprint density at radius 2 is 1.80 bits per heavy atom. The van der Waals surface area contributed by atoms with Crippen LogP contribution in [0.2, 0.25) is 0 Å². The van der Waals surface area contributed by atoms with Gasteiger partial charge in [-0.25, -0.2) is 0 Å². The van der Waals surface area contributed by atoms with Gasteiger partial charge in [-0.1, -0.05) is 13.8 Å². The summed E-state index contributed by atoms with van der Waals surface area (Å²) < 4.78 is 12.1. The van der Waals surface area contributed by atoms with Crippen LogP contribution in [0.15, 0.2) is 0 Å². The van der Waals surface area contributed by atoms with E-state index in [0.29, 0.717) is 11.3 Å². The molecule has 0 spiro atoms. The van der Waals surface area contributed by atoms with E-state index in [9.17, 15) is 4.21 Å². The molecule has 1 aliphatic heterocycles. The van der Waals surface area contributed by atoms with Crippen molar-refractivity contribution in [2.75, 3.05) is 25.9 Å². The zero-order chi connectivity index (χ0) is 11.9. The van der Waals surface area contributed by atoms with Gasteiger partial charge in [0.05, 0.1) is 0 Å². The minimum absolute atomic E-state index is 0.0734. The second-order valence-corrected chi connectivity index (χ2v) is 8.50. The van der Waals surface area contributed by atoms with Crippen molar-refractivity contribution in [3.05, 3.63) is 0 Å². The maximum absolute atomic E-state index is 12.2. The molecule has 0 aliphatic carbocycles. The molecule has 1 saturated heterocycles. The normalized spacial score (nSPS) is 23.9. The third-order valence-corrected chi connectivity index (χ3v) is 5.70. The number of rotatable bonds is 3. The van der Waals surface area contributed by atoms with Gasteiger partial charge in [-0.3, -0.25) is 4.21 Å². The Labute approximate surface area is 96.9 Å². The van der Waals surface area contributed by atoms with Crippen molar-refractivity contribution >= 4 is 10.8 Å². The van der Waals surface area contributed by atoms with Gasteiger partial charge in [-0.05, 0) is 33.7 Å². The molecule has 0 aromatic heterocycles. The standard InChI is InChI=1S/C12H25NOS/c1-10(2)12(7-13(6)8-12)9-15(14)11(3,4)5/h10H,7-9H2,1-6H3. The van der Waals surface area contributed by atoms with Gasteiger partial charge in [0.2, 0.25) is 0 Å². The summed E-state index contributed by atoms with van der Waals surface area (Å²) in [4.78, 5) is 2.32. The Morgan fingerprint density at radius 1 is 1.33 bits per heavy atom. The summed E-state index contributed by atoms with van der Waals surface area (Å²) in [6.45, 7) is 12.9. The van der Waals surface area contributed by atoms with E-state index in [0.717, 1.165) is 18.8 Å². The zero-order valence-corrected chi connectivity index (χ0v) is 11.8.